The van der Waals surface area contributed by atoms with Crippen molar-refractivity contribution in [1.82, 2.24) is 14.9 Å². The van der Waals surface area contributed by atoms with Gasteiger partial charge in [-0.2, -0.15) is 0 Å². The van der Waals surface area contributed by atoms with Gasteiger partial charge in [0.1, 0.15) is 5.60 Å². The average molecular weight is 359 g/mol. The van der Waals surface area contributed by atoms with Crippen LogP contribution < -0.4 is 0 Å². The highest BCUT2D eigenvalue weighted by Gasteiger charge is 2.28. The fourth-order valence-electron chi connectivity index (χ4n) is 2.84. The Kier molecular flexibility index (Phi) is 5.08. The number of carbonyl (C=O) groups excluding carboxylic acids is 1. The van der Waals surface area contributed by atoms with Gasteiger partial charge in [-0.1, -0.05) is 6.07 Å². The molecule has 5 nitrogen and oxygen atoms in total. The van der Waals surface area contributed by atoms with E-state index in [1.807, 2.05) is 46.2 Å². The van der Waals surface area contributed by atoms with Gasteiger partial charge >= 0.3 is 6.09 Å². The molecule has 0 aromatic carbocycles. The van der Waals surface area contributed by atoms with E-state index in [9.17, 15) is 4.79 Å². The third-order valence-corrected chi connectivity index (χ3v) is 5.37. The van der Waals surface area contributed by atoms with Crippen molar-refractivity contribution in [2.45, 2.75) is 52.1 Å². The highest BCUT2D eigenvalue weighted by Crippen LogP contribution is 2.34. The SMILES string of the molecule is Cc1ccc(-c2cnc(C3CCN(C(=O)OC(C)(C)C)CC3)s2)nc1. The molecule has 3 rings (SSSR count). The number of ether oxygens (including phenoxy) is 1. The number of pyridine rings is 1. The largest absolute Gasteiger partial charge is 0.444 e. The van der Waals surface area contributed by atoms with Crippen LogP contribution in [0.1, 0.15) is 50.1 Å². The number of nitrogens with zero attached hydrogens (tertiary/aromatic N) is 3. The molecular formula is C19H25N3O2S. The molecule has 1 aliphatic rings. The van der Waals surface area contributed by atoms with Gasteiger partial charge in [-0.25, -0.2) is 9.78 Å². The first-order valence-electron chi connectivity index (χ1n) is 8.68. The van der Waals surface area contributed by atoms with Crippen LogP contribution >= 0.6 is 11.3 Å². The Labute approximate surface area is 153 Å². The zero-order valence-electron chi connectivity index (χ0n) is 15.3. The topological polar surface area (TPSA) is 55.3 Å². The maximum absolute atomic E-state index is 12.2. The minimum absolute atomic E-state index is 0.213. The summed E-state index contributed by atoms with van der Waals surface area (Å²) in [6.45, 7) is 9.16. The van der Waals surface area contributed by atoms with E-state index >= 15 is 0 Å². The van der Waals surface area contributed by atoms with Crippen molar-refractivity contribution in [2.75, 3.05) is 13.1 Å². The summed E-state index contributed by atoms with van der Waals surface area (Å²) >= 11 is 1.71. The number of hydrogen-bond acceptors (Lipinski definition) is 5. The van der Waals surface area contributed by atoms with Crippen LogP contribution in [0.3, 0.4) is 0 Å². The molecule has 0 aliphatic carbocycles. The second-order valence-corrected chi connectivity index (χ2v) is 8.59. The molecule has 0 N–H and O–H groups in total. The molecule has 25 heavy (non-hydrogen) atoms. The molecule has 0 spiro atoms. The van der Waals surface area contributed by atoms with E-state index in [2.05, 4.69) is 16.0 Å². The number of carbonyl (C=O) groups is 1. The molecule has 0 atom stereocenters. The van der Waals surface area contributed by atoms with Gasteiger partial charge in [-0.3, -0.25) is 4.98 Å². The molecule has 0 saturated carbocycles. The van der Waals surface area contributed by atoms with E-state index in [1.54, 1.807) is 16.2 Å². The number of thiazole rings is 1. The smallest absolute Gasteiger partial charge is 0.410 e. The molecule has 0 radical (unpaired) electrons. The molecule has 2 aromatic heterocycles. The van der Waals surface area contributed by atoms with Crippen molar-refractivity contribution < 1.29 is 9.53 Å². The fraction of sp³-hybridized carbons (Fsp3) is 0.526. The second-order valence-electron chi connectivity index (χ2n) is 7.53. The molecule has 0 unspecified atom stereocenters. The van der Waals surface area contributed by atoms with Gasteiger partial charge in [0, 0.05) is 31.4 Å². The average Bonchev–Trinajstić information content (AvgIpc) is 3.04. The Hall–Kier alpha value is -1.95. The second kappa shape index (κ2) is 7.12. The van der Waals surface area contributed by atoms with Crippen molar-refractivity contribution in [3.8, 4) is 10.6 Å². The first kappa shape index (κ1) is 17.9. The van der Waals surface area contributed by atoms with Crippen LogP contribution in [-0.2, 0) is 4.74 Å². The van der Waals surface area contributed by atoms with Crippen molar-refractivity contribution in [1.29, 1.82) is 0 Å². The summed E-state index contributed by atoms with van der Waals surface area (Å²) in [5.41, 5.74) is 1.68. The predicted molar refractivity (Wildman–Crippen MR) is 99.9 cm³/mol. The van der Waals surface area contributed by atoms with E-state index in [0.29, 0.717) is 5.92 Å². The summed E-state index contributed by atoms with van der Waals surface area (Å²) in [5, 5.41) is 1.14. The number of rotatable bonds is 2. The number of aryl methyl sites for hydroxylation is 1. The van der Waals surface area contributed by atoms with Gasteiger partial charge in [0.2, 0.25) is 0 Å². The Morgan fingerprint density at radius 3 is 2.52 bits per heavy atom. The van der Waals surface area contributed by atoms with Gasteiger partial charge in [0.25, 0.3) is 0 Å². The van der Waals surface area contributed by atoms with Gasteiger partial charge in [-0.15, -0.1) is 11.3 Å². The van der Waals surface area contributed by atoms with Gasteiger partial charge in [-0.05, 0) is 52.2 Å². The quantitative estimate of drug-likeness (QED) is 0.784. The molecule has 2 aromatic rings. The van der Waals surface area contributed by atoms with E-state index in [1.165, 1.54) is 0 Å². The first-order valence-corrected chi connectivity index (χ1v) is 9.50. The lowest BCUT2D eigenvalue weighted by atomic mass is 9.98. The summed E-state index contributed by atoms with van der Waals surface area (Å²) in [6.07, 6.45) is 5.43. The third-order valence-electron chi connectivity index (χ3n) is 4.18. The van der Waals surface area contributed by atoms with Crippen LogP contribution in [0, 0.1) is 6.92 Å². The zero-order valence-corrected chi connectivity index (χ0v) is 16.1. The maximum atomic E-state index is 12.2. The van der Waals surface area contributed by atoms with Crippen molar-refractivity contribution in [3.63, 3.8) is 0 Å². The number of hydrogen-bond donors (Lipinski definition) is 0. The van der Waals surface area contributed by atoms with Crippen LogP contribution in [0.25, 0.3) is 10.6 Å². The number of piperidine rings is 1. The molecule has 6 heteroatoms. The van der Waals surface area contributed by atoms with Crippen LogP contribution in [-0.4, -0.2) is 39.7 Å². The molecule has 134 valence electrons. The van der Waals surface area contributed by atoms with Crippen LogP contribution in [0.2, 0.25) is 0 Å². The highest BCUT2D eigenvalue weighted by molar-refractivity contribution is 7.15. The van der Waals surface area contributed by atoms with E-state index in [4.69, 9.17) is 4.74 Å². The van der Waals surface area contributed by atoms with Crippen molar-refractivity contribution in [3.05, 3.63) is 35.1 Å². The molecule has 1 aliphatic heterocycles. The van der Waals surface area contributed by atoms with Crippen molar-refractivity contribution in [2.24, 2.45) is 0 Å². The molecule has 1 saturated heterocycles. The van der Waals surface area contributed by atoms with Crippen LogP contribution in [0.5, 0.6) is 0 Å². The highest BCUT2D eigenvalue weighted by atomic mass is 32.1. The monoisotopic (exact) mass is 359 g/mol. The fourth-order valence-corrected chi connectivity index (χ4v) is 3.91. The Morgan fingerprint density at radius 2 is 1.92 bits per heavy atom. The van der Waals surface area contributed by atoms with Gasteiger partial charge in [0.05, 0.1) is 15.6 Å². The van der Waals surface area contributed by atoms with Crippen LogP contribution in [0.4, 0.5) is 4.79 Å². The van der Waals surface area contributed by atoms with E-state index < -0.39 is 5.60 Å². The lowest BCUT2D eigenvalue weighted by Crippen LogP contribution is -2.41. The summed E-state index contributed by atoms with van der Waals surface area (Å²) < 4.78 is 5.46. The summed E-state index contributed by atoms with van der Waals surface area (Å²) in [6, 6.07) is 4.11. The van der Waals surface area contributed by atoms with Gasteiger partial charge < -0.3 is 9.64 Å². The lowest BCUT2D eigenvalue weighted by molar-refractivity contribution is 0.0205. The summed E-state index contributed by atoms with van der Waals surface area (Å²) in [4.78, 5) is 24.1. The number of likely N-dealkylation sites (tertiary alicyclic amines) is 1. The molecule has 0 bridgehead atoms. The van der Waals surface area contributed by atoms with E-state index in [-0.39, 0.29) is 6.09 Å². The Bertz CT molecular complexity index is 726. The maximum Gasteiger partial charge on any atom is 0.410 e. The molecule has 1 fully saturated rings. The number of amides is 1. The lowest BCUT2D eigenvalue weighted by Gasteiger charge is -2.32. The normalized spacial score (nSPS) is 16.1. The van der Waals surface area contributed by atoms with Crippen LogP contribution in [0.15, 0.2) is 24.5 Å². The predicted octanol–water partition coefficient (Wildman–Crippen LogP) is 4.63. The Morgan fingerprint density at radius 1 is 1.20 bits per heavy atom. The van der Waals surface area contributed by atoms with Gasteiger partial charge in [0.15, 0.2) is 0 Å². The molecule has 1 amide bonds. The standard InChI is InChI=1S/C19H25N3O2S/c1-13-5-6-15(20-11-13)16-12-21-17(25-16)14-7-9-22(10-8-14)18(23)24-19(2,3)4/h5-6,11-12,14H,7-10H2,1-4H3. The van der Waals surface area contributed by atoms with Crippen molar-refractivity contribution >= 4 is 17.4 Å². The summed E-state index contributed by atoms with van der Waals surface area (Å²) in [7, 11) is 0. The van der Waals surface area contributed by atoms with E-state index in [0.717, 1.165) is 47.1 Å². The Balaban J connectivity index is 1.60. The first-order chi connectivity index (χ1) is 11.8. The molecule has 3 heterocycles. The minimum atomic E-state index is -0.445. The third kappa shape index (κ3) is 4.57. The molecular weight excluding hydrogens is 334 g/mol. The summed E-state index contributed by atoms with van der Waals surface area (Å²) in [5.74, 6) is 0.405. The number of aromatic nitrogens is 2. The zero-order chi connectivity index (χ0) is 18.0. The minimum Gasteiger partial charge on any atom is -0.444 e.